The first kappa shape index (κ1) is 26.4. The van der Waals surface area contributed by atoms with Crippen molar-refractivity contribution in [3.05, 3.63) is 12.7 Å². The summed E-state index contributed by atoms with van der Waals surface area (Å²) in [6, 6.07) is -2.25. The minimum atomic E-state index is -0.926. The topological polar surface area (TPSA) is 122 Å². The number of hydrogen-bond donors (Lipinski definition) is 3. The standard InChI is InChI=1S/C26H42N4O4/c1-6-11-17(20(31)23(33)28-14-7-2)29-22(32)19-18-16(25(18,3)4)15-30(19)24(34)21(27)26(5)12-9-8-10-13-26/h7,16-19,21H,2,6,8-15,27H2,1,3-5H3,(H,28,33)(H,29,32)/t16?,17?,18?,19-,21+/m0/s1. The molecule has 3 unspecified atom stereocenters. The third kappa shape index (κ3) is 4.92. The number of fused-ring (bicyclic) bond motifs is 1. The van der Waals surface area contributed by atoms with Gasteiger partial charge in [0.15, 0.2) is 0 Å². The molecule has 2 saturated carbocycles. The molecule has 0 radical (unpaired) electrons. The zero-order valence-electron chi connectivity index (χ0n) is 21.2. The number of carbonyl (C=O) groups is 4. The predicted octanol–water partition coefficient (Wildman–Crippen LogP) is 1.92. The number of likely N-dealkylation sites (tertiary alicyclic amines) is 1. The lowest BCUT2D eigenvalue weighted by atomic mass is 9.70. The molecule has 5 atom stereocenters. The second kappa shape index (κ2) is 10.2. The minimum Gasteiger partial charge on any atom is -0.346 e. The Kier molecular flexibility index (Phi) is 7.90. The summed E-state index contributed by atoms with van der Waals surface area (Å²) >= 11 is 0. The lowest BCUT2D eigenvalue weighted by molar-refractivity contribution is -0.145. The Morgan fingerprint density at radius 3 is 2.38 bits per heavy atom. The second-order valence-corrected chi connectivity index (χ2v) is 11.3. The number of amides is 3. The summed E-state index contributed by atoms with van der Waals surface area (Å²) in [5, 5.41) is 5.30. The summed E-state index contributed by atoms with van der Waals surface area (Å²) in [4.78, 5) is 53.7. The van der Waals surface area contributed by atoms with Gasteiger partial charge in [0, 0.05) is 13.1 Å². The van der Waals surface area contributed by atoms with Gasteiger partial charge in [0.1, 0.15) is 6.04 Å². The second-order valence-electron chi connectivity index (χ2n) is 11.3. The van der Waals surface area contributed by atoms with E-state index in [0.717, 1.165) is 32.1 Å². The van der Waals surface area contributed by atoms with E-state index >= 15 is 0 Å². The van der Waals surface area contributed by atoms with Crippen LogP contribution < -0.4 is 16.4 Å². The van der Waals surface area contributed by atoms with E-state index in [9.17, 15) is 19.2 Å². The van der Waals surface area contributed by atoms with Gasteiger partial charge in [0.25, 0.3) is 5.91 Å². The molecule has 1 heterocycles. The molecule has 0 aromatic rings. The van der Waals surface area contributed by atoms with Gasteiger partial charge in [-0.3, -0.25) is 19.2 Å². The number of piperidine rings is 1. The quantitative estimate of drug-likeness (QED) is 0.330. The van der Waals surface area contributed by atoms with E-state index in [1.54, 1.807) is 4.90 Å². The highest BCUT2D eigenvalue weighted by Gasteiger charge is 2.69. The molecular weight excluding hydrogens is 432 g/mol. The number of ketones is 1. The van der Waals surface area contributed by atoms with Crippen molar-refractivity contribution in [2.24, 2.45) is 28.4 Å². The summed E-state index contributed by atoms with van der Waals surface area (Å²) in [6.07, 6.45) is 7.58. The largest absolute Gasteiger partial charge is 0.346 e. The van der Waals surface area contributed by atoms with Gasteiger partial charge in [-0.25, -0.2) is 0 Å². The zero-order chi connectivity index (χ0) is 25.3. The Bertz CT molecular complexity index is 833. The van der Waals surface area contributed by atoms with E-state index in [0.29, 0.717) is 19.4 Å². The normalized spacial score (nSPS) is 28.3. The van der Waals surface area contributed by atoms with Gasteiger partial charge in [-0.15, -0.1) is 6.58 Å². The number of Topliss-reactive ketones (excluding diaryl/α,β-unsaturated/α-hetero) is 1. The van der Waals surface area contributed by atoms with Crippen LogP contribution in [0.4, 0.5) is 0 Å². The van der Waals surface area contributed by atoms with Crippen molar-refractivity contribution >= 4 is 23.5 Å². The van der Waals surface area contributed by atoms with Gasteiger partial charge in [-0.2, -0.15) is 0 Å². The highest BCUT2D eigenvalue weighted by Crippen LogP contribution is 2.65. The van der Waals surface area contributed by atoms with Crippen molar-refractivity contribution in [1.82, 2.24) is 15.5 Å². The molecular formula is C26H42N4O4. The fraction of sp³-hybridized carbons (Fsp3) is 0.769. The third-order valence-corrected chi connectivity index (χ3v) is 8.61. The number of rotatable bonds is 10. The van der Waals surface area contributed by atoms with Crippen LogP contribution in [-0.4, -0.2) is 59.6 Å². The molecule has 190 valence electrons. The summed E-state index contributed by atoms with van der Waals surface area (Å²) in [6.45, 7) is 12.4. The number of nitrogens with one attached hydrogen (secondary N) is 2. The molecule has 3 rings (SSSR count). The van der Waals surface area contributed by atoms with Crippen LogP contribution in [0.2, 0.25) is 0 Å². The smallest absolute Gasteiger partial charge is 0.289 e. The number of nitrogens with zero attached hydrogens (tertiary/aromatic N) is 1. The van der Waals surface area contributed by atoms with Crippen molar-refractivity contribution in [2.45, 2.75) is 90.8 Å². The van der Waals surface area contributed by atoms with Crippen molar-refractivity contribution in [3.8, 4) is 0 Å². The molecule has 8 heteroatoms. The van der Waals surface area contributed by atoms with Crippen LogP contribution in [0, 0.1) is 22.7 Å². The van der Waals surface area contributed by atoms with E-state index in [1.165, 1.54) is 6.08 Å². The minimum absolute atomic E-state index is 0.0229. The maximum absolute atomic E-state index is 13.6. The van der Waals surface area contributed by atoms with E-state index in [-0.39, 0.29) is 41.0 Å². The lowest BCUT2D eigenvalue weighted by Crippen LogP contribution is -2.59. The van der Waals surface area contributed by atoms with Crippen LogP contribution in [0.1, 0.15) is 72.6 Å². The summed E-state index contributed by atoms with van der Waals surface area (Å²) in [7, 11) is 0. The molecule has 0 aromatic carbocycles. The van der Waals surface area contributed by atoms with Crippen molar-refractivity contribution in [3.63, 3.8) is 0 Å². The van der Waals surface area contributed by atoms with E-state index < -0.39 is 29.8 Å². The van der Waals surface area contributed by atoms with Gasteiger partial charge in [-0.1, -0.05) is 59.5 Å². The number of hydrogen-bond acceptors (Lipinski definition) is 5. The maximum Gasteiger partial charge on any atom is 0.289 e. The molecule has 4 N–H and O–H groups in total. The van der Waals surface area contributed by atoms with Crippen LogP contribution in [0.3, 0.4) is 0 Å². The Morgan fingerprint density at radius 1 is 1.15 bits per heavy atom. The molecule has 3 amide bonds. The van der Waals surface area contributed by atoms with Crippen LogP contribution in [0.15, 0.2) is 12.7 Å². The maximum atomic E-state index is 13.6. The molecule has 1 saturated heterocycles. The van der Waals surface area contributed by atoms with Crippen LogP contribution in [0.25, 0.3) is 0 Å². The first-order valence-electron chi connectivity index (χ1n) is 12.8. The van der Waals surface area contributed by atoms with Gasteiger partial charge in [0.2, 0.25) is 17.6 Å². The van der Waals surface area contributed by atoms with Gasteiger partial charge in [-0.05, 0) is 41.9 Å². The van der Waals surface area contributed by atoms with E-state index in [1.807, 2.05) is 6.92 Å². The monoisotopic (exact) mass is 474 g/mol. The van der Waals surface area contributed by atoms with Gasteiger partial charge in [0.05, 0.1) is 12.1 Å². The molecule has 0 spiro atoms. The summed E-state index contributed by atoms with van der Waals surface area (Å²) in [5.74, 6) is -1.70. The number of nitrogens with two attached hydrogens (primary N) is 1. The highest BCUT2D eigenvalue weighted by atomic mass is 16.2. The van der Waals surface area contributed by atoms with E-state index in [4.69, 9.17) is 5.73 Å². The van der Waals surface area contributed by atoms with Crippen LogP contribution in [-0.2, 0) is 19.2 Å². The Balaban J connectivity index is 1.77. The molecule has 8 nitrogen and oxygen atoms in total. The van der Waals surface area contributed by atoms with Crippen molar-refractivity contribution in [1.29, 1.82) is 0 Å². The Morgan fingerprint density at radius 2 is 1.79 bits per heavy atom. The first-order valence-corrected chi connectivity index (χ1v) is 12.8. The first-order chi connectivity index (χ1) is 16.0. The van der Waals surface area contributed by atoms with Gasteiger partial charge < -0.3 is 21.3 Å². The molecule has 0 aromatic heterocycles. The Hall–Kier alpha value is -2.22. The third-order valence-electron chi connectivity index (χ3n) is 8.61. The lowest BCUT2D eigenvalue weighted by Gasteiger charge is -2.41. The summed E-state index contributed by atoms with van der Waals surface area (Å²) in [5.41, 5.74) is 6.23. The molecule has 3 aliphatic rings. The highest BCUT2D eigenvalue weighted by molar-refractivity contribution is 6.38. The molecule has 3 fully saturated rings. The van der Waals surface area contributed by atoms with E-state index in [2.05, 4.69) is 38.0 Å². The molecule has 2 aliphatic carbocycles. The summed E-state index contributed by atoms with van der Waals surface area (Å²) < 4.78 is 0. The van der Waals surface area contributed by atoms with Crippen LogP contribution >= 0.6 is 0 Å². The van der Waals surface area contributed by atoms with Gasteiger partial charge >= 0.3 is 0 Å². The Labute approximate surface area is 203 Å². The average Bonchev–Trinajstić information content (AvgIpc) is 3.13. The SMILES string of the molecule is C=CCNC(=O)C(=O)C(CCC)NC(=O)[C@@H]1C2C(CN1C(=O)[C@@H](N)C1(C)CCCCC1)C2(C)C. The fourth-order valence-electron chi connectivity index (χ4n) is 6.19. The molecule has 0 bridgehead atoms. The van der Waals surface area contributed by atoms with Crippen molar-refractivity contribution < 1.29 is 19.2 Å². The average molecular weight is 475 g/mol. The predicted molar refractivity (Wildman–Crippen MR) is 130 cm³/mol. The fourth-order valence-corrected chi connectivity index (χ4v) is 6.19. The van der Waals surface area contributed by atoms with Crippen molar-refractivity contribution in [2.75, 3.05) is 13.1 Å². The zero-order valence-corrected chi connectivity index (χ0v) is 21.2. The molecule has 1 aliphatic heterocycles. The van der Waals surface area contributed by atoms with Crippen LogP contribution in [0.5, 0.6) is 0 Å². The number of carbonyl (C=O) groups excluding carboxylic acids is 4. The molecule has 34 heavy (non-hydrogen) atoms.